The van der Waals surface area contributed by atoms with Gasteiger partial charge in [0.05, 0.1) is 19.5 Å². The predicted molar refractivity (Wildman–Crippen MR) is 104 cm³/mol. The zero-order chi connectivity index (χ0) is 18.6. The molecule has 4 rings (SSSR count). The second kappa shape index (κ2) is 8.23. The molecule has 2 heterocycles. The monoisotopic (exact) mass is 384 g/mol. The molecule has 6 heteroatoms. The Balaban J connectivity index is 1.32. The maximum Gasteiger partial charge on any atom is 0.306 e. The molecule has 2 aliphatic rings. The highest BCUT2D eigenvalue weighted by Crippen LogP contribution is 2.39. The van der Waals surface area contributed by atoms with Gasteiger partial charge in [-0.1, -0.05) is 36.4 Å². The van der Waals surface area contributed by atoms with Crippen molar-refractivity contribution in [3.05, 3.63) is 58.3 Å². The van der Waals surface area contributed by atoms with E-state index in [1.165, 1.54) is 10.4 Å². The Kier molecular flexibility index (Phi) is 5.55. The molecule has 0 unspecified atom stereocenters. The van der Waals surface area contributed by atoms with Crippen LogP contribution in [0.4, 0.5) is 0 Å². The van der Waals surface area contributed by atoms with Crippen LogP contribution >= 0.6 is 11.3 Å². The largest absolute Gasteiger partial charge is 0.462 e. The van der Waals surface area contributed by atoms with Gasteiger partial charge in [0.15, 0.2) is 0 Å². The van der Waals surface area contributed by atoms with Crippen LogP contribution < -0.4 is 5.32 Å². The summed E-state index contributed by atoms with van der Waals surface area (Å²) in [5.74, 6) is 0.233. The highest BCUT2D eigenvalue weighted by molar-refractivity contribution is 7.09. The number of carbonyl (C=O) groups is 2. The molecule has 3 atom stereocenters. The topological polar surface area (TPSA) is 58.6 Å². The van der Waals surface area contributed by atoms with Gasteiger partial charge >= 0.3 is 5.97 Å². The van der Waals surface area contributed by atoms with Crippen molar-refractivity contribution in [1.29, 1.82) is 0 Å². The molecular weight excluding hydrogens is 360 g/mol. The van der Waals surface area contributed by atoms with E-state index in [0.717, 1.165) is 12.8 Å². The molecule has 27 heavy (non-hydrogen) atoms. The van der Waals surface area contributed by atoms with Gasteiger partial charge in [-0.25, -0.2) is 0 Å². The molecule has 5 nitrogen and oxygen atoms in total. The number of hydrogen-bond acceptors (Lipinski definition) is 5. The second-order valence-electron chi connectivity index (χ2n) is 7.25. The van der Waals surface area contributed by atoms with Crippen LogP contribution in [0.25, 0.3) is 0 Å². The number of hydrogen-bond donors (Lipinski definition) is 1. The Hall–Kier alpha value is -2.18. The van der Waals surface area contributed by atoms with Gasteiger partial charge in [0, 0.05) is 29.8 Å². The first kappa shape index (κ1) is 18.2. The van der Waals surface area contributed by atoms with E-state index < -0.39 is 0 Å². The normalized spacial score (nSPS) is 23.4. The molecule has 1 aromatic carbocycles. The lowest BCUT2D eigenvalue weighted by Crippen LogP contribution is -2.54. The van der Waals surface area contributed by atoms with Gasteiger partial charge in [0.1, 0.15) is 6.10 Å². The summed E-state index contributed by atoms with van der Waals surface area (Å²) in [7, 11) is 0. The minimum atomic E-state index is -0.109. The van der Waals surface area contributed by atoms with Crippen LogP contribution in [0.5, 0.6) is 0 Å². The summed E-state index contributed by atoms with van der Waals surface area (Å²) in [6.07, 6.45) is 2.20. The van der Waals surface area contributed by atoms with Crippen LogP contribution in [0.3, 0.4) is 0 Å². The Morgan fingerprint density at radius 1 is 1.22 bits per heavy atom. The SMILES string of the molecule is O=C1C[C@H]2[C@H](NCC(=O)N(CCc3ccccc3)Cc3cccs3)C[C@H]2O1. The lowest BCUT2D eigenvalue weighted by Gasteiger charge is -2.38. The Bertz CT molecular complexity index is 778. The molecule has 1 aliphatic heterocycles. The maximum absolute atomic E-state index is 12.9. The van der Waals surface area contributed by atoms with Gasteiger partial charge in [0.2, 0.25) is 5.91 Å². The van der Waals surface area contributed by atoms with Crippen molar-refractivity contribution in [2.75, 3.05) is 13.1 Å². The van der Waals surface area contributed by atoms with Crippen LogP contribution in [0.1, 0.15) is 23.3 Å². The number of carbonyl (C=O) groups excluding carboxylic acids is 2. The first-order valence-electron chi connectivity index (χ1n) is 9.46. The van der Waals surface area contributed by atoms with Gasteiger partial charge < -0.3 is 15.0 Å². The van der Waals surface area contributed by atoms with E-state index in [0.29, 0.717) is 26.1 Å². The molecular formula is C21H24N2O3S. The van der Waals surface area contributed by atoms with Gasteiger partial charge in [-0.2, -0.15) is 0 Å². The molecule has 1 aliphatic carbocycles. The summed E-state index contributed by atoms with van der Waals surface area (Å²) < 4.78 is 5.23. The molecule has 1 saturated carbocycles. The number of nitrogens with one attached hydrogen (secondary N) is 1. The van der Waals surface area contributed by atoms with Crippen molar-refractivity contribution in [3.8, 4) is 0 Å². The molecule has 1 saturated heterocycles. The number of fused-ring (bicyclic) bond motifs is 1. The summed E-state index contributed by atoms with van der Waals surface area (Å²) in [5.41, 5.74) is 1.23. The molecule has 0 spiro atoms. The molecule has 142 valence electrons. The first-order chi connectivity index (χ1) is 13.2. The number of esters is 1. The van der Waals surface area contributed by atoms with Crippen molar-refractivity contribution in [2.24, 2.45) is 5.92 Å². The van der Waals surface area contributed by atoms with E-state index in [1.54, 1.807) is 11.3 Å². The molecule has 1 amide bonds. The third kappa shape index (κ3) is 4.39. The third-order valence-corrected chi connectivity index (χ3v) is 6.34. The molecule has 2 fully saturated rings. The van der Waals surface area contributed by atoms with E-state index in [1.807, 2.05) is 34.5 Å². The van der Waals surface area contributed by atoms with Gasteiger partial charge in [-0.05, 0) is 23.4 Å². The lowest BCUT2D eigenvalue weighted by molar-refractivity contribution is -0.143. The molecule has 1 N–H and O–H groups in total. The highest BCUT2D eigenvalue weighted by Gasteiger charge is 2.49. The van der Waals surface area contributed by atoms with Gasteiger partial charge in [0.25, 0.3) is 0 Å². The zero-order valence-electron chi connectivity index (χ0n) is 15.2. The number of benzene rings is 1. The predicted octanol–water partition coefficient (Wildman–Crippen LogP) is 2.61. The van der Waals surface area contributed by atoms with E-state index in [2.05, 4.69) is 23.5 Å². The summed E-state index contributed by atoms with van der Waals surface area (Å²) >= 11 is 1.67. The second-order valence-corrected chi connectivity index (χ2v) is 8.28. The van der Waals surface area contributed by atoms with Gasteiger partial charge in [-0.3, -0.25) is 9.59 Å². The minimum Gasteiger partial charge on any atom is -0.462 e. The molecule has 0 bridgehead atoms. The summed E-state index contributed by atoms with van der Waals surface area (Å²) in [5, 5.41) is 5.39. The maximum atomic E-state index is 12.9. The Morgan fingerprint density at radius 3 is 2.81 bits per heavy atom. The molecule has 0 radical (unpaired) electrons. The Labute approximate surface area is 163 Å². The van der Waals surface area contributed by atoms with Gasteiger partial charge in [-0.15, -0.1) is 11.3 Å². The van der Waals surface area contributed by atoms with Crippen LogP contribution in [0.2, 0.25) is 0 Å². The summed E-state index contributed by atoms with van der Waals surface area (Å²) in [6.45, 7) is 1.65. The lowest BCUT2D eigenvalue weighted by atomic mass is 9.76. The van der Waals surface area contributed by atoms with E-state index in [4.69, 9.17) is 4.74 Å². The first-order valence-corrected chi connectivity index (χ1v) is 10.3. The number of ether oxygens (including phenoxy) is 1. The van der Waals surface area contributed by atoms with Crippen LogP contribution in [-0.4, -0.2) is 42.0 Å². The number of thiophene rings is 1. The summed E-state index contributed by atoms with van der Waals surface area (Å²) in [4.78, 5) is 27.3. The van der Waals surface area contributed by atoms with Crippen molar-refractivity contribution < 1.29 is 14.3 Å². The number of nitrogens with zero attached hydrogens (tertiary/aromatic N) is 1. The van der Waals surface area contributed by atoms with Crippen LogP contribution in [0.15, 0.2) is 47.8 Å². The Morgan fingerprint density at radius 2 is 2.07 bits per heavy atom. The van der Waals surface area contributed by atoms with E-state index >= 15 is 0 Å². The number of amides is 1. The smallest absolute Gasteiger partial charge is 0.306 e. The zero-order valence-corrected chi connectivity index (χ0v) is 16.0. The standard InChI is InChI=1S/C21H24N2O3S/c24-20(13-22-18-12-19-17(18)11-21(25)26-19)23(14-16-7-4-10-27-16)9-8-15-5-2-1-3-6-15/h1-7,10,17-19,22H,8-9,11-14H2/t17-,18+,19+/m0/s1. The molecule has 2 aromatic rings. The third-order valence-electron chi connectivity index (χ3n) is 5.47. The fraction of sp³-hybridized carbons (Fsp3) is 0.429. The fourth-order valence-electron chi connectivity index (χ4n) is 3.84. The average Bonchev–Trinajstić information content (AvgIpc) is 3.28. The van der Waals surface area contributed by atoms with Crippen LogP contribution in [0, 0.1) is 5.92 Å². The molecule has 1 aromatic heterocycles. The van der Waals surface area contributed by atoms with E-state index in [-0.39, 0.29) is 29.9 Å². The van der Waals surface area contributed by atoms with Crippen molar-refractivity contribution in [3.63, 3.8) is 0 Å². The average molecular weight is 385 g/mol. The van der Waals surface area contributed by atoms with Crippen molar-refractivity contribution in [2.45, 2.75) is 38.0 Å². The summed E-state index contributed by atoms with van der Waals surface area (Å²) in [6, 6.07) is 14.5. The quantitative estimate of drug-likeness (QED) is 0.711. The minimum absolute atomic E-state index is 0.0606. The fourth-order valence-corrected chi connectivity index (χ4v) is 4.56. The van der Waals surface area contributed by atoms with Crippen molar-refractivity contribution >= 4 is 23.2 Å². The van der Waals surface area contributed by atoms with Crippen molar-refractivity contribution in [1.82, 2.24) is 10.2 Å². The van der Waals surface area contributed by atoms with Crippen LogP contribution in [-0.2, 0) is 27.3 Å². The highest BCUT2D eigenvalue weighted by atomic mass is 32.1. The number of rotatable bonds is 8. The van der Waals surface area contributed by atoms with E-state index in [9.17, 15) is 9.59 Å².